The zero-order valence-corrected chi connectivity index (χ0v) is 22.4. The molecule has 1 aliphatic rings. The van der Waals surface area contributed by atoms with E-state index in [1.165, 1.54) is 16.7 Å². The summed E-state index contributed by atoms with van der Waals surface area (Å²) < 4.78 is 3.02. The van der Waals surface area contributed by atoms with Gasteiger partial charge in [-0.15, -0.1) is 11.3 Å². The zero-order valence-electron chi connectivity index (χ0n) is 21.6. The number of nitrogens with zero attached hydrogens (tertiary/aromatic N) is 4. The largest absolute Gasteiger partial charge is 0.294 e. The average molecular weight is 523 g/mol. The number of rotatable bonds is 3. The van der Waals surface area contributed by atoms with E-state index in [0.29, 0.717) is 22.3 Å². The van der Waals surface area contributed by atoms with E-state index in [4.69, 9.17) is 4.98 Å². The predicted octanol–water partition coefficient (Wildman–Crippen LogP) is 7.76. The molecule has 0 aliphatic heterocycles. The summed E-state index contributed by atoms with van der Waals surface area (Å²) in [5, 5.41) is 20.4. The van der Waals surface area contributed by atoms with Gasteiger partial charge in [0.05, 0.1) is 4.70 Å². The van der Waals surface area contributed by atoms with Crippen LogP contribution >= 0.6 is 11.3 Å². The highest BCUT2D eigenvalue weighted by Crippen LogP contribution is 2.42. The van der Waals surface area contributed by atoms with E-state index < -0.39 is 0 Å². The monoisotopic (exact) mass is 522 g/mol. The highest BCUT2D eigenvalue weighted by molar-refractivity contribution is 7.21. The van der Waals surface area contributed by atoms with Crippen LogP contribution in [0.2, 0.25) is 0 Å². The van der Waals surface area contributed by atoms with Crippen molar-refractivity contribution in [2.24, 2.45) is 0 Å². The number of aryl methyl sites for hydroxylation is 3. The van der Waals surface area contributed by atoms with E-state index in [2.05, 4.69) is 32.9 Å². The molecule has 0 fully saturated rings. The smallest absolute Gasteiger partial charge is 0.194 e. The number of hydrogen-bond donors (Lipinski definition) is 0. The molecule has 3 aromatic carbocycles. The maximum atomic E-state index is 13.5. The number of thiazole rings is 1. The van der Waals surface area contributed by atoms with Gasteiger partial charge in [0.2, 0.25) is 0 Å². The molecule has 5 nitrogen and oxygen atoms in total. The van der Waals surface area contributed by atoms with E-state index in [1.807, 2.05) is 59.2 Å². The predicted molar refractivity (Wildman–Crippen MR) is 155 cm³/mol. The van der Waals surface area contributed by atoms with E-state index in [1.54, 1.807) is 35.6 Å². The molecule has 0 saturated heterocycles. The minimum atomic E-state index is -0.202. The quantitative estimate of drug-likeness (QED) is 0.179. The summed E-state index contributed by atoms with van der Waals surface area (Å²) in [5.74, 6) is -0.202. The van der Waals surface area contributed by atoms with Crippen LogP contribution in [-0.2, 0) is 0 Å². The fraction of sp³-hybridized carbons (Fsp3) is 0.0909. The van der Waals surface area contributed by atoms with Crippen LogP contribution < -0.4 is 0 Å². The van der Waals surface area contributed by atoms with Gasteiger partial charge in [-0.1, -0.05) is 60.2 Å². The minimum Gasteiger partial charge on any atom is -0.294 e. The van der Waals surface area contributed by atoms with E-state index >= 15 is 0 Å². The Morgan fingerprint density at radius 2 is 1.54 bits per heavy atom. The first-order valence-corrected chi connectivity index (χ1v) is 13.3. The summed E-state index contributed by atoms with van der Waals surface area (Å²) in [5.41, 5.74) is 8.91. The van der Waals surface area contributed by atoms with Gasteiger partial charge in [0.15, 0.2) is 11.4 Å². The number of Topliss-reactive ketones (excluding diaryl/α,β-unsaturated/α-hetero) is 1. The minimum absolute atomic E-state index is 0.0788. The van der Waals surface area contributed by atoms with E-state index in [0.717, 1.165) is 32.3 Å². The van der Waals surface area contributed by atoms with Crippen LogP contribution in [0.1, 0.15) is 38.3 Å². The van der Waals surface area contributed by atoms with Gasteiger partial charge in [-0.05, 0) is 61.7 Å². The van der Waals surface area contributed by atoms with Gasteiger partial charge in [-0.2, -0.15) is 10.5 Å². The Morgan fingerprint density at radius 1 is 0.897 bits per heavy atom. The molecule has 2 heterocycles. The second kappa shape index (κ2) is 9.36. The van der Waals surface area contributed by atoms with E-state index in [9.17, 15) is 15.3 Å². The van der Waals surface area contributed by atoms with Crippen LogP contribution in [0, 0.1) is 43.4 Å². The lowest BCUT2D eigenvalue weighted by atomic mass is 9.99. The van der Waals surface area contributed by atoms with Gasteiger partial charge in [-0.3, -0.25) is 9.36 Å². The molecule has 0 unspecified atom stereocenters. The highest BCUT2D eigenvalue weighted by Gasteiger charge is 2.32. The fourth-order valence-corrected chi connectivity index (χ4v) is 6.65. The number of benzene rings is 3. The van der Waals surface area contributed by atoms with Crippen molar-refractivity contribution in [2.45, 2.75) is 20.8 Å². The second-order valence-corrected chi connectivity index (χ2v) is 10.7. The first-order valence-electron chi connectivity index (χ1n) is 12.5. The van der Waals surface area contributed by atoms with E-state index in [-0.39, 0.29) is 11.4 Å². The molecule has 186 valence electrons. The van der Waals surface area contributed by atoms with Gasteiger partial charge in [-0.25, -0.2) is 4.98 Å². The van der Waals surface area contributed by atoms with Crippen LogP contribution in [0.25, 0.3) is 38.3 Å². The molecule has 0 saturated carbocycles. The summed E-state index contributed by atoms with van der Waals surface area (Å²) in [4.78, 5) is 18.6. The van der Waals surface area contributed by atoms with Crippen molar-refractivity contribution in [2.75, 3.05) is 0 Å². The Hall–Kier alpha value is -5.04. The number of ketones is 1. The third kappa shape index (κ3) is 3.90. The summed E-state index contributed by atoms with van der Waals surface area (Å²) in [6.07, 6.45) is 1.79. The number of carbonyl (C=O) groups is 1. The molecule has 0 atom stereocenters. The number of nitriles is 2. The topological polar surface area (TPSA) is 82.5 Å². The number of allylic oxidation sites excluding steroid dienone is 3. The average Bonchev–Trinajstić information content (AvgIpc) is 3.55. The molecular weight excluding hydrogens is 500 g/mol. The van der Waals surface area contributed by atoms with Gasteiger partial charge >= 0.3 is 0 Å². The number of fused-ring (bicyclic) bond motifs is 2. The van der Waals surface area contributed by atoms with Crippen LogP contribution in [0.3, 0.4) is 0 Å². The summed E-state index contributed by atoms with van der Waals surface area (Å²) in [7, 11) is 0. The van der Waals surface area contributed by atoms with Gasteiger partial charge in [0.1, 0.15) is 22.7 Å². The molecule has 6 heteroatoms. The third-order valence-electron chi connectivity index (χ3n) is 7.01. The molecule has 39 heavy (non-hydrogen) atoms. The first kappa shape index (κ1) is 24.3. The maximum Gasteiger partial charge on any atom is 0.194 e. The van der Waals surface area contributed by atoms with Crippen molar-refractivity contribution in [3.05, 3.63) is 117 Å². The molecular formula is C33H22N4OS. The van der Waals surface area contributed by atoms with Crippen molar-refractivity contribution in [3.63, 3.8) is 0 Å². The number of carbonyl (C=O) groups excluding carboxylic acids is 1. The fourth-order valence-electron chi connectivity index (χ4n) is 5.47. The van der Waals surface area contributed by atoms with Gasteiger partial charge in [0.25, 0.3) is 0 Å². The molecule has 0 N–H and O–H groups in total. The van der Waals surface area contributed by atoms with Crippen LogP contribution in [-0.4, -0.2) is 15.3 Å². The second-order valence-electron chi connectivity index (χ2n) is 9.63. The SMILES string of the molecule is Cc1cc(C)c(-c2nc3c(cc(/C=C4\C(=O)c5ccccc5C4=C(C#N)C#N)n3-c3ccccc3)s2)c(C)c1. The van der Waals surface area contributed by atoms with Crippen LogP contribution in [0.4, 0.5) is 0 Å². The third-order valence-corrected chi connectivity index (χ3v) is 8.02. The van der Waals surface area contributed by atoms with Crippen molar-refractivity contribution < 1.29 is 4.79 Å². The standard InChI is InChI=1S/C33H22N4OS/c1-19-13-20(2)29(21(3)14-19)33-36-32-28(39-33)16-24(37(32)23-9-5-4-6-10-23)15-27-30(22(17-34)18-35)25-11-7-8-12-26(25)31(27)38/h4-16H,1-3H3/b27-15-. The molecule has 0 bridgehead atoms. The van der Waals surface area contributed by atoms with Crippen molar-refractivity contribution >= 4 is 39.1 Å². The molecule has 2 aromatic heterocycles. The van der Waals surface area contributed by atoms with Gasteiger partial charge < -0.3 is 0 Å². The Balaban J connectivity index is 1.61. The Kier molecular flexibility index (Phi) is 5.84. The summed E-state index contributed by atoms with van der Waals surface area (Å²) in [6.45, 7) is 6.32. The number of para-hydroxylation sites is 1. The zero-order chi connectivity index (χ0) is 27.3. The highest BCUT2D eigenvalue weighted by atomic mass is 32.1. The van der Waals surface area contributed by atoms with Crippen molar-refractivity contribution in [1.82, 2.24) is 9.55 Å². The lowest BCUT2D eigenvalue weighted by Crippen LogP contribution is -2.00. The number of aromatic nitrogens is 2. The molecule has 1 aliphatic carbocycles. The summed E-state index contributed by atoms with van der Waals surface area (Å²) >= 11 is 1.61. The molecule has 0 amide bonds. The molecule has 6 rings (SSSR count). The molecule has 0 radical (unpaired) electrons. The maximum absolute atomic E-state index is 13.5. The Labute approximate surface area is 230 Å². The number of hydrogen-bond acceptors (Lipinski definition) is 5. The van der Waals surface area contributed by atoms with Crippen molar-refractivity contribution in [1.29, 1.82) is 10.5 Å². The lowest BCUT2D eigenvalue weighted by molar-refractivity contribution is 0.104. The lowest BCUT2D eigenvalue weighted by Gasteiger charge is -2.10. The Bertz CT molecular complexity index is 1930. The first-order chi connectivity index (χ1) is 18.9. The van der Waals surface area contributed by atoms with Crippen LogP contribution in [0.5, 0.6) is 0 Å². The van der Waals surface area contributed by atoms with Gasteiger partial charge in [0, 0.05) is 33.7 Å². The van der Waals surface area contributed by atoms with Crippen molar-refractivity contribution in [3.8, 4) is 28.4 Å². The Morgan fingerprint density at radius 3 is 2.21 bits per heavy atom. The molecule has 0 spiro atoms. The summed E-state index contributed by atoms with van der Waals surface area (Å²) in [6, 6.07) is 27.4. The van der Waals surface area contributed by atoms with Crippen LogP contribution in [0.15, 0.2) is 83.9 Å². The normalized spacial score (nSPS) is 13.5. The molecule has 5 aromatic rings.